The summed E-state index contributed by atoms with van der Waals surface area (Å²) in [5, 5.41) is 7.98. The molecule has 0 spiro atoms. The number of hydrogen-bond donors (Lipinski definition) is 1. The molecular weight excluding hydrogens is 533 g/mol. The number of nitrogens with zero attached hydrogens (tertiary/aromatic N) is 3. The van der Waals surface area contributed by atoms with E-state index in [4.69, 9.17) is 9.47 Å². The number of ether oxygens (including phenoxy) is 2. The average molecular weight is 553 g/mol. The summed E-state index contributed by atoms with van der Waals surface area (Å²) in [7, 11) is 1.17. The fourth-order valence-corrected chi connectivity index (χ4v) is 5.20. The van der Waals surface area contributed by atoms with Crippen LogP contribution in [0.3, 0.4) is 0 Å². The topological polar surface area (TPSA) is 112 Å². The maximum absolute atomic E-state index is 13.8. The lowest BCUT2D eigenvalue weighted by atomic mass is 10.1. The SMILES string of the molecule is CCCOC(=O)c1c(NC(=O)c2cc3nc(-c4cccs4)cc(C(F)(F)F)n3n2)sc(C(=O)OC)c1C. The summed E-state index contributed by atoms with van der Waals surface area (Å²) in [4.78, 5) is 42.7. The summed E-state index contributed by atoms with van der Waals surface area (Å²) < 4.78 is 51.9. The highest BCUT2D eigenvalue weighted by Gasteiger charge is 2.36. The van der Waals surface area contributed by atoms with Crippen molar-refractivity contribution in [2.45, 2.75) is 26.4 Å². The first-order chi connectivity index (χ1) is 17.5. The van der Waals surface area contributed by atoms with Gasteiger partial charge in [0.2, 0.25) is 0 Å². The normalized spacial score (nSPS) is 11.5. The third kappa shape index (κ3) is 5.20. The Morgan fingerprint density at radius 2 is 1.95 bits per heavy atom. The molecule has 4 heterocycles. The first-order valence-electron chi connectivity index (χ1n) is 10.8. The zero-order valence-corrected chi connectivity index (χ0v) is 21.3. The fraction of sp³-hybridized carbons (Fsp3) is 0.261. The van der Waals surface area contributed by atoms with Crippen LogP contribution in [0.4, 0.5) is 18.2 Å². The largest absolute Gasteiger partial charge is 0.465 e. The zero-order chi connectivity index (χ0) is 26.9. The second kappa shape index (κ2) is 10.3. The lowest BCUT2D eigenvalue weighted by molar-refractivity contribution is -0.142. The number of carbonyl (C=O) groups excluding carboxylic acids is 3. The highest BCUT2D eigenvalue weighted by atomic mass is 32.1. The quantitative estimate of drug-likeness (QED) is 0.303. The minimum atomic E-state index is -4.77. The number of alkyl halides is 3. The van der Waals surface area contributed by atoms with Gasteiger partial charge in [0, 0.05) is 6.07 Å². The summed E-state index contributed by atoms with van der Waals surface area (Å²) in [6, 6.07) is 5.28. The van der Waals surface area contributed by atoms with E-state index in [2.05, 4.69) is 15.4 Å². The van der Waals surface area contributed by atoms with Gasteiger partial charge in [0.1, 0.15) is 9.88 Å². The van der Waals surface area contributed by atoms with Crippen LogP contribution in [0.5, 0.6) is 0 Å². The summed E-state index contributed by atoms with van der Waals surface area (Å²) in [5.41, 5.74) is -1.40. The molecule has 0 saturated carbocycles. The molecule has 0 aliphatic rings. The molecule has 37 heavy (non-hydrogen) atoms. The number of nitrogens with one attached hydrogen (secondary N) is 1. The molecule has 4 rings (SSSR count). The third-order valence-corrected chi connectivity index (χ3v) is 7.19. The van der Waals surface area contributed by atoms with Crippen molar-refractivity contribution in [3.63, 3.8) is 0 Å². The minimum Gasteiger partial charge on any atom is -0.465 e. The zero-order valence-electron chi connectivity index (χ0n) is 19.6. The predicted octanol–water partition coefficient (Wildman–Crippen LogP) is 5.45. The van der Waals surface area contributed by atoms with Crippen molar-refractivity contribution in [3.05, 3.63) is 57.0 Å². The highest BCUT2D eigenvalue weighted by molar-refractivity contribution is 7.18. The van der Waals surface area contributed by atoms with Gasteiger partial charge in [-0.15, -0.1) is 22.7 Å². The van der Waals surface area contributed by atoms with Gasteiger partial charge in [0.05, 0.1) is 29.9 Å². The van der Waals surface area contributed by atoms with Crippen LogP contribution in [0, 0.1) is 6.92 Å². The minimum absolute atomic E-state index is 0.0238. The summed E-state index contributed by atoms with van der Waals surface area (Å²) >= 11 is 2.00. The summed E-state index contributed by atoms with van der Waals surface area (Å²) in [6.07, 6.45) is -4.23. The Hall–Kier alpha value is -3.78. The summed E-state index contributed by atoms with van der Waals surface area (Å²) in [6.45, 7) is 3.41. The van der Waals surface area contributed by atoms with Gasteiger partial charge in [-0.3, -0.25) is 4.79 Å². The first kappa shape index (κ1) is 26.3. The Bertz CT molecular complexity index is 1490. The van der Waals surface area contributed by atoms with Crippen LogP contribution in [0.2, 0.25) is 0 Å². The molecule has 0 atom stereocenters. The van der Waals surface area contributed by atoms with E-state index in [1.54, 1.807) is 24.4 Å². The maximum atomic E-state index is 13.8. The molecule has 0 saturated heterocycles. The number of esters is 2. The molecule has 4 aromatic heterocycles. The van der Waals surface area contributed by atoms with Crippen LogP contribution in [0.1, 0.15) is 55.1 Å². The van der Waals surface area contributed by atoms with Gasteiger partial charge in [0.25, 0.3) is 5.91 Å². The molecule has 1 N–H and O–H groups in total. The van der Waals surface area contributed by atoms with Crippen LogP contribution < -0.4 is 5.32 Å². The third-order valence-electron chi connectivity index (χ3n) is 5.11. The molecule has 0 aliphatic carbocycles. The summed E-state index contributed by atoms with van der Waals surface area (Å²) in [5.74, 6) is -2.39. The Labute approximate surface area is 215 Å². The van der Waals surface area contributed by atoms with Crippen LogP contribution in [-0.4, -0.2) is 46.2 Å². The molecule has 9 nitrogen and oxygen atoms in total. The molecule has 0 fully saturated rings. The number of halogens is 3. The number of thiophene rings is 2. The van der Waals surface area contributed by atoms with Crippen molar-refractivity contribution in [1.82, 2.24) is 14.6 Å². The Balaban J connectivity index is 1.75. The van der Waals surface area contributed by atoms with Crippen molar-refractivity contribution in [2.24, 2.45) is 0 Å². The van der Waals surface area contributed by atoms with E-state index in [0.717, 1.165) is 23.5 Å². The molecule has 1 amide bonds. The maximum Gasteiger partial charge on any atom is 0.433 e. The van der Waals surface area contributed by atoms with Crippen molar-refractivity contribution >= 4 is 51.2 Å². The second-order valence-corrected chi connectivity index (χ2v) is 9.61. The highest BCUT2D eigenvalue weighted by Crippen LogP contribution is 2.36. The number of carbonyl (C=O) groups is 3. The van der Waals surface area contributed by atoms with Gasteiger partial charge in [0.15, 0.2) is 17.0 Å². The van der Waals surface area contributed by atoms with Crippen LogP contribution >= 0.6 is 22.7 Å². The van der Waals surface area contributed by atoms with E-state index in [-0.39, 0.29) is 44.6 Å². The van der Waals surface area contributed by atoms with Crippen LogP contribution in [0.25, 0.3) is 16.2 Å². The number of anilines is 1. The van der Waals surface area contributed by atoms with E-state index in [1.807, 2.05) is 0 Å². The number of aromatic nitrogens is 3. The molecule has 0 bridgehead atoms. The smallest absolute Gasteiger partial charge is 0.433 e. The Morgan fingerprint density at radius 1 is 1.19 bits per heavy atom. The van der Waals surface area contributed by atoms with Gasteiger partial charge in [-0.25, -0.2) is 19.1 Å². The molecule has 4 aromatic rings. The van der Waals surface area contributed by atoms with Crippen molar-refractivity contribution in [2.75, 3.05) is 19.0 Å². The van der Waals surface area contributed by atoms with Crippen molar-refractivity contribution in [1.29, 1.82) is 0 Å². The van der Waals surface area contributed by atoms with E-state index in [1.165, 1.54) is 25.4 Å². The van der Waals surface area contributed by atoms with Crippen LogP contribution in [0.15, 0.2) is 29.6 Å². The monoisotopic (exact) mass is 552 g/mol. The molecule has 194 valence electrons. The average Bonchev–Trinajstić information content (AvgIpc) is 3.59. The predicted molar refractivity (Wildman–Crippen MR) is 130 cm³/mol. The Morgan fingerprint density at radius 3 is 2.57 bits per heavy atom. The number of methoxy groups -OCH3 is 1. The second-order valence-electron chi connectivity index (χ2n) is 7.64. The van der Waals surface area contributed by atoms with Crippen molar-refractivity contribution in [3.8, 4) is 10.6 Å². The Kier molecular flexibility index (Phi) is 7.32. The number of rotatable bonds is 7. The van der Waals surface area contributed by atoms with E-state index < -0.39 is 29.7 Å². The number of hydrogen-bond acceptors (Lipinski definition) is 9. The lowest BCUT2D eigenvalue weighted by Gasteiger charge is -2.10. The fourth-order valence-electron chi connectivity index (χ4n) is 3.41. The molecular formula is C23H19F3N4O5S2. The van der Waals surface area contributed by atoms with Gasteiger partial charge >= 0.3 is 18.1 Å². The van der Waals surface area contributed by atoms with Crippen LogP contribution in [-0.2, 0) is 15.7 Å². The van der Waals surface area contributed by atoms with Gasteiger partial charge < -0.3 is 14.8 Å². The van der Waals surface area contributed by atoms with Gasteiger partial charge in [-0.2, -0.15) is 18.3 Å². The van der Waals surface area contributed by atoms with Crippen molar-refractivity contribution < 1.29 is 37.0 Å². The standard InChI is InChI=1S/C23H19F3N4O5S2/c1-4-7-35-21(32)17-11(2)18(22(33)34-3)37-20(17)28-19(31)13-10-16-27-12(14-6-5-8-36-14)9-15(23(24,25)26)30(16)29-13/h5-6,8-10H,4,7H2,1-3H3,(H,28,31). The van der Waals surface area contributed by atoms with E-state index in [0.29, 0.717) is 15.8 Å². The van der Waals surface area contributed by atoms with E-state index in [9.17, 15) is 27.6 Å². The number of fused-ring (bicyclic) bond motifs is 1. The van der Waals surface area contributed by atoms with E-state index >= 15 is 0 Å². The molecule has 0 unspecified atom stereocenters. The molecule has 14 heteroatoms. The van der Waals surface area contributed by atoms with Gasteiger partial charge in [-0.05, 0) is 36.4 Å². The first-order valence-corrected chi connectivity index (χ1v) is 12.5. The number of amides is 1. The molecule has 0 aliphatic heterocycles. The van der Waals surface area contributed by atoms with Gasteiger partial charge in [-0.1, -0.05) is 13.0 Å². The molecule has 0 radical (unpaired) electrons. The lowest BCUT2D eigenvalue weighted by Crippen LogP contribution is -2.17. The molecule has 0 aromatic carbocycles.